The number of carbonyl (C=O) groups is 2. The zero-order valence-electron chi connectivity index (χ0n) is 16.3. The second-order valence-corrected chi connectivity index (χ2v) is 6.94. The number of carbonyl (C=O) groups excluding carboxylic acids is 2. The van der Waals surface area contributed by atoms with Gasteiger partial charge in [-0.2, -0.15) is 0 Å². The Labute approximate surface area is 152 Å². The van der Waals surface area contributed by atoms with E-state index in [1.807, 2.05) is 4.90 Å². The number of piperazine rings is 1. The fourth-order valence-electron chi connectivity index (χ4n) is 2.81. The molecule has 1 saturated heterocycles. The minimum absolute atomic E-state index is 0.158. The van der Waals surface area contributed by atoms with E-state index < -0.39 is 0 Å². The molecule has 0 spiro atoms. The lowest BCUT2D eigenvalue weighted by Crippen LogP contribution is -2.47. The molecule has 1 aliphatic rings. The van der Waals surface area contributed by atoms with E-state index in [1.165, 1.54) is 18.3 Å². The molecule has 142 valence electrons. The van der Waals surface area contributed by atoms with Crippen LogP contribution in [-0.4, -0.2) is 62.0 Å². The molecule has 0 aromatic heterocycles. The van der Waals surface area contributed by atoms with Crippen molar-refractivity contribution in [1.82, 2.24) is 9.80 Å². The van der Waals surface area contributed by atoms with E-state index in [1.54, 1.807) is 0 Å². The highest BCUT2D eigenvalue weighted by atomic mass is 16.5. The Balaban J connectivity index is 2.20. The number of rotatable bonds is 9. The second-order valence-electron chi connectivity index (χ2n) is 6.94. The number of likely N-dealkylation sites (N-methyl/N-ethyl adjacent to an activating group) is 1. The topological polar surface area (TPSA) is 49.9 Å². The fraction of sp³-hybridized carbons (Fsp3) is 0.700. The summed E-state index contributed by atoms with van der Waals surface area (Å²) in [5.74, 6) is 0.115. The van der Waals surface area contributed by atoms with Crippen LogP contribution in [0.15, 0.2) is 23.3 Å². The van der Waals surface area contributed by atoms with Crippen molar-refractivity contribution in [3.8, 4) is 0 Å². The van der Waals surface area contributed by atoms with Gasteiger partial charge in [0.1, 0.15) is 0 Å². The average molecular weight is 351 g/mol. The number of allylic oxidation sites excluding steroid dienone is 4. The van der Waals surface area contributed by atoms with Gasteiger partial charge in [-0.05, 0) is 46.6 Å². The Hall–Kier alpha value is -1.62. The lowest BCUT2D eigenvalue weighted by atomic mass is 10.1. The van der Waals surface area contributed by atoms with Crippen molar-refractivity contribution in [3.05, 3.63) is 23.3 Å². The molecule has 0 aromatic carbocycles. The third-order valence-electron chi connectivity index (χ3n) is 4.69. The van der Waals surface area contributed by atoms with Crippen molar-refractivity contribution in [2.45, 2.75) is 52.4 Å². The van der Waals surface area contributed by atoms with E-state index in [0.717, 1.165) is 51.9 Å². The number of nitrogens with zero attached hydrogens (tertiary/aromatic N) is 2. The van der Waals surface area contributed by atoms with E-state index in [4.69, 9.17) is 0 Å². The van der Waals surface area contributed by atoms with E-state index in [2.05, 4.69) is 42.7 Å². The van der Waals surface area contributed by atoms with Gasteiger partial charge in [-0.1, -0.05) is 23.3 Å². The molecule has 0 radical (unpaired) electrons. The average Bonchev–Trinajstić information content (AvgIpc) is 2.60. The van der Waals surface area contributed by atoms with Crippen LogP contribution in [0.4, 0.5) is 0 Å². The zero-order valence-corrected chi connectivity index (χ0v) is 16.3. The predicted octanol–water partition coefficient (Wildman–Crippen LogP) is 3.17. The first-order valence-corrected chi connectivity index (χ1v) is 9.26. The molecule has 0 bridgehead atoms. The van der Waals surface area contributed by atoms with Gasteiger partial charge < -0.3 is 14.5 Å². The molecule has 1 aliphatic heterocycles. The molecule has 0 atom stereocenters. The zero-order chi connectivity index (χ0) is 18.7. The second kappa shape index (κ2) is 11.9. The third-order valence-corrected chi connectivity index (χ3v) is 4.69. The van der Waals surface area contributed by atoms with Gasteiger partial charge in [0, 0.05) is 39.0 Å². The standard InChI is InChI=1S/C20H34N2O3/c1-17(7-5-8-18(2)11-12-20(24)25-4)9-6-10-19(23)22-15-13-21(3)14-16-22/h8-9H,5-7,10-16H2,1-4H3/b17-9+,18-8+. The summed E-state index contributed by atoms with van der Waals surface area (Å²) in [6, 6.07) is 0. The predicted molar refractivity (Wildman–Crippen MR) is 101 cm³/mol. The van der Waals surface area contributed by atoms with Gasteiger partial charge in [0.05, 0.1) is 7.11 Å². The Bertz CT molecular complexity index is 489. The minimum atomic E-state index is -0.158. The smallest absolute Gasteiger partial charge is 0.305 e. The summed E-state index contributed by atoms with van der Waals surface area (Å²) in [6.45, 7) is 7.83. The van der Waals surface area contributed by atoms with Gasteiger partial charge in [0.15, 0.2) is 0 Å². The number of esters is 1. The maximum Gasteiger partial charge on any atom is 0.305 e. The maximum atomic E-state index is 12.2. The minimum Gasteiger partial charge on any atom is -0.469 e. The van der Waals surface area contributed by atoms with E-state index in [0.29, 0.717) is 12.8 Å². The van der Waals surface area contributed by atoms with Crippen molar-refractivity contribution in [2.75, 3.05) is 40.3 Å². The summed E-state index contributed by atoms with van der Waals surface area (Å²) in [6.07, 6.45) is 8.98. The fourth-order valence-corrected chi connectivity index (χ4v) is 2.81. The van der Waals surface area contributed by atoms with Gasteiger partial charge >= 0.3 is 5.97 Å². The van der Waals surface area contributed by atoms with E-state index >= 15 is 0 Å². The summed E-state index contributed by atoms with van der Waals surface area (Å²) < 4.78 is 4.65. The number of methoxy groups -OCH3 is 1. The lowest BCUT2D eigenvalue weighted by Gasteiger charge is -2.32. The summed E-state index contributed by atoms with van der Waals surface area (Å²) >= 11 is 0. The Morgan fingerprint density at radius 3 is 2.04 bits per heavy atom. The highest BCUT2D eigenvalue weighted by Gasteiger charge is 2.17. The molecule has 1 fully saturated rings. The first-order valence-electron chi connectivity index (χ1n) is 9.26. The number of hydrogen-bond acceptors (Lipinski definition) is 4. The van der Waals surface area contributed by atoms with Gasteiger partial charge in [-0.15, -0.1) is 0 Å². The van der Waals surface area contributed by atoms with Crippen LogP contribution in [0.3, 0.4) is 0 Å². The molecule has 1 amide bonds. The van der Waals surface area contributed by atoms with Crippen molar-refractivity contribution < 1.29 is 14.3 Å². The summed E-state index contributed by atoms with van der Waals surface area (Å²) in [4.78, 5) is 27.5. The molecule has 0 saturated carbocycles. The highest BCUT2D eigenvalue weighted by Crippen LogP contribution is 2.12. The van der Waals surface area contributed by atoms with Gasteiger partial charge in [-0.3, -0.25) is 9.59 Å². The van der Waals surface area contributed by atoms with Crippen LogP contribution in [0.2, 0.25) is 0 Å². The third kappa shape index (κ3) is 9.44. The largest absolute Gasteiger partial charge is 0.469 e. The highest BCUT2D eigenvalue weighted by molar-refractivity contribution is 5.76. The lowest BCUT2D eigenvalue weighted by molar-refractivity contribution is -0.140. The molecule has 0 N–H and O–H groups in total. The van der Waals surface area contributed by atoms with Crippen LogP contribution in [0, 0.1) is 0 Å². The molecule has 5 heteroatoms. The van der Waals surface area contributed by atoms with Crippen LogP contribution in [0.1, 0.15) is 52.4 Å². The molecule has 5 nitrogen and oxygen atoms in total. The van der Waals surface area contributed by atoms with Crippen LogP contribution in [-0.2, 0) is 14.3 Å². The van der Waals surface area contributed by atoms with Crippen LogP contribution < -0.4 is 0 Å². The van der Waals surface area contributed by atoms with Crippen molar-refractivity contribution in [2.24, 2.45) is 0 Å². The molecule has 0 aliphatic carbocycles. The quantitative estimate of drug-likeness (QED) is 0.473. The number of hydrogen-bond donors (Lipinski definition) is 0. The molecular weight excluding hydrogens is 316 g/mol. The molecule has 1 rings (SSSR count). The molecule has 25 heavy (non-hydrogen) atoms. The summed E-state index contributed by atoms with van der Waals surface area (Å²) in [5, 5.41) is 0. The van der Waals surface area contributed by atoms with Crippen molar-refractivity contribution >= 4 is 11.9 Å². The maximum absolute atomic E-state index is 12.2. The Morgan fingerprint density at radius 1 is 0.880 bits per heavy atom. The van der Waals surface area contributed by atoms with E-state index in [9.17, 15) is 9.59 Å². The number of ether oxygens (including phenoxy) is 1. The van der Waals surface area contributed by atoms with Gasteiger partial charge in [-0.25, -0.2) is 0 Å². The van der Waals surface area contributed by atoms with Crippen molar-refractivity contribution in [1.29, 1.82) is 0 Å². The Morgan fingerprint density at radius 2 is 1.44 bits per heavy atom. The number of amides is 1. The van der Waals surface area contributed by atoms with Gasteiger partial charge in [0.25, 0.3) is 0 Å². The normalized spacial score (nSPS) is 16.9. The molecular formula is C20H34N2O3. The summed E-state index contributed by atoms with van der Waals surface area (Å²) in [5.41, 5.74) is 2.55. The first kappa shape index (κ1) is 21.4. The van der Waals surface area contributed by atoms with Crippen LogP contribution in [0.25, 0.3) is 0 Å². The molecule has 0 unspecified atom stereocenters. The summed E-state index contributed by atoms with van der Waals surface area (Å²) in [7, 11) is 3.52. The monoisotopic (exact) mass is 350 g/mol. The van der Waals surface area contributed by atoms with Crippen molar-refractivity contribution in [3.63, 3.8) is 0 Å². The SMILES string of the molecule is COC(=O)CC/C(C)=C/CC/C(C)=C/CCC(=O)N1CCN(C)CC1. The van der Waals surface area contributed by atoms with Crippen LogP contribution in [0.5, 0.6) is 0 Å². The molecule has 0 aromatic rings. The first-order chi connectivity index (χ1) is 11.9. The Kier molecular flexibility index (Phi) is 10.2. The van der Waals surface area contributed by atoms with E-state index in [-0.39, 0.29) is 11.9 Å². The molecule has 1 heterocycles. The van der Waals surface area contributed by atoms with Crippen LogP contribution >= 0.6 is 0 Å². The van der Waals surface area contributed by atoms with Gasteiger partial charge in [0.2, 0.25) is 5.91 Å².